The Morgan fingerprint density at radius 1 is 1.16 bits per heavy atom. The van der Waals surface area contributed by atoms with Crippen molar-refractivity contribution < 1.29 is 53.9 Å². The number of rotatable bonds is 7. The quantitative estimate of drug-likeness (QED) is 0.195. The molecule has 0 spiro atoms. The third kappa shape index (κ3) is 7.02. The van der Waals surface area contributed by atoms with Gasteiger partial charge in [0.05, 0.1) is 42.5 Å². The summed E-state index contributed by atoms with van der Waals surface area (Å²) in [4.78, 5) is 44.8. The summed E-state index contributed by atoms with van der Waals surface area (Å²) < 4.78 is 134. The number of hydrogen-bond acceptors (Lipinski definition) is 7. The Hall–Kier alpha value is -4.99. The second-order valence-electron chi connectivity index (χ2n) is 11.5. The molecule has 0 radical (unpaired) electrons. The minimum absolute atomic E-state index is 0.0518. The van der Waals surface area contributed by atoms with Crippen LogP contribution in [0.5, 0.6) is 0 Å². The van der Waals surface area contributed by atoms with E-state index in [0.29, 0.717) is 6.07 Å². The molecule has 9 nitrogen and oxygen atoms in total. The molecule has 0 saturated carbocycles. The van der Waals surface area contributed by atoms with Crippen LogP contribution in [-0.4, -0.2) is 66.6 Å². The number of aryl methyl sites for hydroxylation is 2. The second-order valence-corrected chi connectivity index (χ2v) is 11.5. The van der Waals surface area contributed by atoms with Crippen molar-refractivity contribution in [2.75, 3.05) is 31.8 Å². The lowest BCUT2D eigenvalue weighted by molar-refractivity contribution is -0.167. The average molecular weight is 712 g/mol. The van der Waals surface area contributed by atoms with E-state index in [1.165, 1.54) is 44.4 Å². The number of hydrogen-bond donors (Lipinski definition) is 1. The van der Waals surface area contributed by atoms with Crippen LogP contribution in [0.3, 0.4) is 0 Å². The number of pyridine rings is 2. The first kappa shape index (κ1) is 32.2. The van der Waals surface area contributed by atoms with Gasteiger partial charge < -0.3 is 24.3 Å². The van der Waals surface area contributed by atoms with Gasteiger partial charge in [-0.05, 0) is 49.2 Å². The van der Waals surface area contributed by atoms with Gasteiger partial charge in [0.25, 0.3) is 11.5 Å². The van der Waals surface area contributed by atoms with Gasteiger partial charge in [-0.15, -0.1) is 0 Å². The summed E-state index contributed by atoms with van der Waals surface area (Å²) in [5.41, 5.74) is -5.23. The third-order valence-corrected chi connectivity index (χ3v) is 8.46. The van der Waals surface area contributed by atoms with Crippen molar-refractivity contribution in [3.63, 3.8) is 0 Å². The highest BCUT2D eigenvalue weighted by Crippen LogP contribution is 2.39. The van der Waals surface area contributed by atoms with Gasteiger partial charge in [-0.25, -0.2) is 9.18 Å². The molecule has 1 aliphatic heterocycles. The minimum atomic E-state index is -4.92. The molecule has 0 aliphatic carbocycles. The molecule has 2 aromatic heterocycles. The summed E-state index contributed by atoms with van der Waals surface area (Å²) in [6, 6.07) is 3.69. The molecule has 2 aromatic carbocycles. The van der Waals surface area contributed by atoms with Crippen LogP contribution in [0.4, 0.5) is 36.4 Å². The normalized spacial score (nSPS) is 17.1. The number of methoxy groups -OCH3 is 1. The summed E-state index contributed by atoms with van der Waals surface area (Å²) in [5.74, 6) is -3.98. The van der Waals surface area contributed by atoms with E-state index in [4.69, 9.17) is 13.6 Å². The molecule has 1 saturated heterocycles. The molecule has 1 amide bonds. The monoisotopic (exact) mass is 711 g/mol. The number of aromatic nitrogens is 2. The first-order valence-corrected chi connectivity index (χ1v) is 14.9. The number of halogens is 7. The molecule has 2 atom stereocenters. The van der Waals surface area contributed by atoms with Crippen LogP contribution in [0, 0.1) is 19.6 Å². The molecule has 0 bridgehead atoms. The number of carbonyl (C=O) groups is 2. The van der Waals surface area contributed by atoms with Crippen molar-refractivity contribution in [2.24, 2.45) is 7.05 Å². The molecule has 1 fully saturated rings. The maximum absolute atomic E-state index is 15.8. The number of alkyl halides is 6. The maximum Gasteiger partial charge on any atom is 0.417 e. The fourth-order valence-electron chi connectivity index (χ4n) is 5.87. The molecule has 3 heterocycles. The van der Waals surface area contributed by atoms with Crippen LogP contribution in [0.1, 0.15) is 36.9 Å². The van der Waals surface area contributed by atoms with E-state index in [1.807, 2.05) is 0 Å². The number of nitrogens with zero attached hydrogens (tertiary/aromatic N) is 3. The van der Waals surface area contributed by atoms with Crippen LogP contribution in [-0.2, 0) is 33.9 Å². The first-order valence-electron chi connectivity index (χ1n) is 16.4. The zero-order valence-electron chi connectivity index (χ0n) is 29.6. The third-order valence-electron chi connectivity index (χ3n) is 8.46. The average Bonchev–Trinajstić information content (AvgIpc) is 3.08. The van der Waals surface area contributed by atoms with Gasteiger partial charge in [0.15, 0.2) is 0 Å². The van der Waals surface area contributed by atoms with Crippen LogP contribution in [0.25, 0.3) is 22.0 Å². The number of esters is 1. The summed E-state index contributed by atoms with van der Waals surface area (Å²) in [5, 5.41) is 2.41. The van der Waals surface area contributed by atoms with Gasteiger partial charge in [-0.3, -0.25) is 14.6 Å². The van der Waals surface area contributed by atoms with Gasteiger partial charge in [0.2, 0.25) is 0 Å². The molecular formula is C34H31F7N4O5. The Morgan fingerprint density at radius 2 is 1.90 bits per heavy atom. The lowest BCUT2D eigenvalue weighted by atomic mass is 9.93. The van der Waals surface area contributed by atoms with E-state index in [0.717, 1.165) is 28.7 Å². The van der Waals surface area contributed by atoms with Crippen molar-refractivity contribution in [1.29, 1.82) is 0 Å². The Bertz CT molecular complexity index is 2140. The molecule has 0 unspecified atom stereocenters. The number of benzene rings is 2. The van der Waals surface area contributed by atoms with Crippen LogP contribution < -0.4 is 15.8 Å². The number of carbonyl (C=O) groups excluding carboxylic acids is 2. The molecule has 1 aliphatic rings. The van der Waals surface area contributed by atoms with E-state index in [1.54, 1.807) is 0 Å². The highest BCUT2D eigenvalue weighted by molar-refractivity contribution is 6.00. The largest absolute Gasteiger partial charge is 0.467 e. The first-order chi connectivity index (χ1) is 24.6. The van der Waals surface area contributed by atoms with Crippen molar-refractivity contribution in [1.82, 2.24) is 14.9 Å². The standard InChI is InChI=1S/C34H31F7N4O5/c1-17-12-20(45-10-11-50-16-26(45)34(39,40)41)15-24(35)27(17)30(46)43-25(32(48)49-4)14-19-7-8-22(29-21(19)6-5-9-42-29)28-23(33(36,37)38)13-18(2)44(3)31(28)47/h5-9,12-13,15,25-26H,10-11,14,16H2,1-4H3,(H,43,46)/t25-,26+/m0/s1/i1D3. The van der Waals surface area contributed by atoms with E-state index in [-0.39, 0.29) is 40.9 Å². The van der Waals surface area contributed by atoms with Crippen molar-refractivity contribution >= 4 is 28.5 Å². The predicted molar refractivity (Wildman–Crippen MR) is 168 cm³/mol. The number of anilines is 1. The fourth-order valence-corrected chi connectivity index (χ4v) is 5.87. The lowest BCUT2D eigenvalue weighted by Gasteiger charge is -2.38. The van der Waals surface area contributed by atoms with Crippen LogP contribution in [0.2, 0.25) is 0 Å². The smallest absolute Gasteiger partial charge is 0.417 e. The van der Waals surface area contributed by atoms with E-state index < -0.39 is 95.5 Å². The summed E-state index contributed by atoms with van der Waals surface area (Å²) in [6.45, 7) is -3.21. The summed E-state index contributed by atoms with van der Waals surface area (Å²) >= 11 is 0. The highest BCUT2D eigenvalue weighted by Gasteiger charge is 2.46. The molecule has 4 aromatic rings. The number of fused-ring (bicyclic) bond motifs is 1. The molecule has 50 heavy (non-hydrogen) atoms. The van der Waals surface area contributed by atoms with Gasteiger partial charge >= 0.3 is 18.3 Å². The van der Waals surface area contributed by atoms with Gasteiger partial charge in [-0.2, -0.15) is 26.3 Å². The zero-order chi connectivity index (χ0) is 39.2. The Morgan fingerprint density at radius 3 is 2.56 bits per heavy atom. The van der Waals surface area contributed by atoms with Gasteiger partial charge in [0.1, 0.15) is 17.9 Å². The highest BCUT2D eigenvalue weighted by atomic mass is 19.4. The van der Waals surface area contributed by atoms with Crippen LogP contribution in [0.15, 0.2) is 53.5 Å². The van der Waals surface area contributed by atoms with Crippen molar-refractivity contribution in [3.8, 4) is 11.1 Å². The minimum Gasteiger partial charge on any atom is -0.467 e. The van der Waals surface area contributed by atoms with E-state index in [2.05, 4.69) is 10.3 Å². The van der Waals surface area contributed by atoms with Gasteiger partial charge in [0, 0.05) is 52.7 Å². The maximum atomic E-state index is 15.8. The van der Waals surface area contributed by atoms with Crippen molar-refractivity contribution in [2.45, 2.75) is 44.6 Å². The predicted octanol–water partition coefficient (Wildman–Crippen LogP) is 5.66. The second kappa shape index (κ2) is 13.7. The Balaban J connectivity index is 1.56. The van der Waals surface area contributed by atoms with Crippen molar-refractivity contribution in [3.05, 3.63) is 92.8 Å². The lowest BCUT2D eigenvalue weighted by Crippen LogP contribution is -2.53. The van der Waals surface area contributed by atoms with Crippen LogP contribution >= 0.6 is 0 Å². The molecule has 16 heteroatoms. The fraction of sp³-hybridized carbons (Fsp3) is 0.353. The number of morpholine rings is 1. The molecular weight excluding hydrogens is 677 g/mol. The SMILES string of the molecule is [2H]C([2H])([2H])c1cc(N2CCOC[C@@H]2C(F)(F)F)cc(F)c1C(=O)N[C@@H](Cc1ccc(-c2c(C(F)(F)F)cc(C)n(C)c2=O)c2ncccc12)C(=O)OC. The van der Waals surface area contributed by atoms with Gasteiger partial charge in [-0.1, -0.05) is 18.2 Å². The molecule has 5 rings (SSSR count). The molecule has 266 valence electrons. The topological polar surface area (TPSA) is 103 Å². The number of ether oxygens (including phenoxy) is 2. The summed E-state index contributed by atoms with van der Waals surface area (Å²) in [7, 11) is 2.28. The Kier molecular flexibility index (Phi) is 8.85. The van der Waals surface area contributed by atoms with E-state index in [9.17, 15) is 40.7 Å². The molecule has 1 N–H and O–H groups in total. The number of amides is 1. The Labute approximate surface area is 284 Å². The van der Waals surface area contributed by atoms with E-state index >= 15 is 4.39 Å². The summed E-state index contributed by atoms with van der Waals surface area (Å²) in [6.07, 6.45) is -8.91. The number of nitrogens with one attached hydrogen (secondary N) is 1. The zero-order valence-corrected chi connectivity index (χ0v) is 26.6.